The average Bonchev–Trinajstić information content (AvgIpc) is 2.49. The highest BCUT2D eigenvalue weighted by molar-refractivity contribution is 6.03. The monoisotopic (exact) mass is 283 g/mol. The molecule has 21 heavy (non-hydrogen) atoms. The second kappa shape index (κ2) is 6.19. The Labute approximate surface area is 122 Å². The van der Waals surface area contributed by atoms with Gasteiger partial charge in [-0.2, -0.15) is 5.26 Å². The number of benzene rings is 2. The summed E-state index contributed by atoms with van der Waals surface area (Å²) < 4.78 is 18.5. The molecule has 0 aromatic heterocycles. The van der Waals surface area contributed by atoms with Gasteiger partial charge in [0, 0.05) is 5.56 Å². The molecule has 3 nitrogen and oxygen atoms in total. The van der Waals surface area contributed by atoms with E-state index in [0.717, 1.165) is 11.6 Å². The number of aryl methyl sites for hydroxylation is 1. The van der Waals surface area contributed by atoms with E-state index in [1.807, 2.05) is 25.1 Å². The minimum atomic E-state index is -0.945. The van der Waals surface area contributed by atoms with Gasteiger partial charge in [-0.1, -0.05) is 24.3 Å². The topological polar surface area (TPSA) is 50.1 Å². The molecule has 0 amide bonds. The van der Waals surface area contributed by atoms with Crippen LogP contribution in [0.5, 0.6) is 5.75 Å². The number of nitriles is 1. The molecule has 0 heterocycles. The second-order valence-corrected chi connectivity index (χ2v) is 4.63. The molecule has 2 aromatic carbocycles. The molecular weight excluding hydrogens is 269 g/mol. The molecule has 0 fully saturated rings. The summed E-state index contributed by atoms with van der Waals surface area (Å²) in [5.41, 5.74) is 1.65. The van der Waals surface area contributed by atoms with Gasteiger partial charge >= 0.3 is 0 Å². The highest BCUT2D eigenvalue weighted by Gasteiger charge is 2.23. The van der Waals surface area contributed by atoms with Crippen molar-refractivity contribution in [3.8, 4) is 11.8 Å². The first kappa shape index (κ1) is 14.7. The number of carbonyl (C=O) groups is 1. The number of rotatable bonds is 4. The maximum Gasteiger partial charge on any atom is 0.184 e. The van der Waals surface area contributed by atoms with Crippen molar-refractivity contribution in [1.29, 1.82) is 5.26 Å². The predicted octanol–water partition coefficient (Wildman–Crippen LogP) is 3.63. The average molecular weight is 283 g/mol. The van der Waals surface area contributed by atoms with Crippen LogP contribution < -0.4 is 4.74 Å². The Hall–Kier alpha value is -2.67. The number of nitrogens with zero attached hydrogens (tertiary/aromatic N) is 1. The Morgan fingerprint density at radius 2 is 2.00 bits per heavy atom. The number of Topliss-reactive ketones (excluding diaryl/α,β-unsaturated/α-hetero) is 1. The van der Waals surface area contributed by atoms with Crippen LogP contribution in [0.2, 0.25) is 0 Å². The zero-order chi connectivity index (χ0) is 15.4. The second-order valence-electron chi connectivity index (χ2n) is 4.63. The van der Waals surface area contributed by atoms with Gasteiger partial charge in [-0.15, -0.1) is 0 Å². The SMILES string of the molecule is COc1ccc(C(=O)C(C#N)c2ccccc2C)cc1F. The van der Waals surface area contributed by atoms with E-state index in [9.17, 15) is 14.4 Å². The lowest BCUT2D eigenvalue weighted by atomic mass is 9.89. The first-order chi connectivity index (χ1) is 10.1. The third-order valence-corrected chi connectivity index (χ3v) is 3.33. The third-order valence-electron chi connectivity index (χ3n) is 3.33. The number of halogens is 1. The van der Waals surface area contributed by atoms with E-state index in [1.165, 1.54) is 19.2 Å². The third kappa shape index (κ3) is 2.92. The summed E-state index contributed by atoms with van der Waals surface area (Å²) in [7, 11) is 1.35. The first-order valence-corrected chi connectivity index (χ1v) is 6.41. The van der Waals surface area contributed by atoms with E-state index < -0.39 is 17.5 Å². The first-order valence-electron chi connectivity index (χ1n) is 6.41. The number of methoxy groups -OCH3 is 1. The molecule has 0 spiro atoms. The minimum absolute atomic E-state index is 0.0657. The van der Waals surface area contributed by atoms with Gasteiger partial charge in [0.2, 0.25) is 0 Å². The quantitative estimate of drug-likeness (QED) is 0.805. The van der Waals surface area contributed by atoms with Crippen molar-refractivity contribution >= 4 is 5.78 Å². The van der Waals surface area contributed by atoms with Crippen molar-refractivity contribution in [3.05, 3.63) is 65.0 Å². The smallest absolute Gasteiger partial charge is 0.184 e. The van der Waals surface area contributed by atoms with Crippen molar-refractivity contribution in [2.24, 2.45) is 0 Å². The molecule has 0 N–H and O–H groups in total. The summed E-state index contributed by atoms with van der Waals surface area (Å²) in [4.78, 5) is 12.5. The standard InChI is InChI=1S/C17H14FNO2/c1-11-5-3-4-6-13(11)14(10-19)17(20)12-7-8-16(21-2)15(18)9-12/h3-9,14H,1-2H3. The molecule has 1 atom stereocenters. The molecule has 0 saturated carbocycles. The van der Waals surface area contributed by atoms with Crippen molar-refractivity contribution in [2.75, 3.05) is 7.11 Å². The molecule has 0 saturated heterocycles. The lowest BCUT2D eigenvalue weighted by molar-refractivity contribution is 0.0978. The van der Waals surface area contributed by atoms with Crippen molar-refractivity contribution in [1.82, 2.24) is 0 Å². The molecule has 0 aliphatic rings. The fraction of sp³-hybridized carbons (Fsp3) is 0.176. The van der Waals surface area contributed by atoms with Gasteiger partial charge in [0.15, 0.2) is 17.3 Å². The van der Waals surface area contributed by atoms with E-state index in [-0.39, 0.29) is 11.3 Å². The Bertz CT molecular complexity index is 719. The minimum Gasteiger partial charge on any atom is -0.494 e. The van der Waals surface area contributed by atoms with Crippen LogP contribution in [0.3, 0.4) is 0 Å². The fourth-order valence-corrected chi connectivity index (χ4v) is 2.17. The Morgan fingerprint density at radius 1 is 1.29 bits per heavy atom. The molecule has 0 aliphatic carbocycles. The maximum atomic E-state index is 13.7. The molecule has 1 unspecified atom stereocenters. The molecular formula is C17H14FNO2. The lowest BCUT2D eigenvalue weighted by Gasteiger charge is -2.12. The number of hydrogen-bond donors (Lipinski definition) is 0. The van der Waals surface area contributed by atoms with Crippen LogP contribution in [0.25, 0.3) is 0 Å². The van der Waals surface area contributed by atoms with Crippen LogP contribution in [0.15, 0.2) is 42.5 Å². The van der Waals surface area contributed by atoms with Gasteiger partial charge in [0.1, 0.15) is 5.92 Å². The van der Waals surface area contributed by atoms with Gasteiger partial charge in [0.05, 0.1) is 13.2 Å². The highest BCUT2D eigenvalue weighted by atomic mass is 19.1. The summed E-state index contributed by atoms with van der Waals surface area (Å²) in [5.74, 6) is -1.92. The molecule has 0 radical (unpaired) electrons. The largest absolute Gasteiger partial charge is 0.494 e. The Balaban J connectivity index is 2.40. The van der Waals surface area contributed by atoms with Gasteiger partial charge in [0.25, 0.3) is 0 Å². The number of hydrogen-bond acceptors (Lipinski definition) is 3. The number of carbonyl (C=O) groups excluding carboxylic acids is 1. The Kier molecular flexibility index (Phi) is 4.34. The normalized spacial score (nSPS) is 11.5. The van der Waals surface area contributed by atoms with E-state index in [2.05, 4.69) is 0 Å². The van der Waals surface area contributed by atoms with E-state index >= 15 is 0 Å². The van der Waals surface area contributed by atoms with Crippen LogP contribution in [-0.4, -0.2) is 12.9 Å². The molecule has 4 heteroatoms. The lowest BCUT2D eigenvalue weighted by Crippen LogP contribution is -2.13. The van der Waals surface area contributed by atoms with Crippen molar-refractivity contribution in [3.63, 3.8) is 0 Å². The van der Waals surface area contributed by atoms with E-state index in [4.69, 9.17) is 4.74 Å². The zero-order valence-electron chi connectivity index (χ0n) is 11.8. The van der Waals surface area contributed by atoms with E-state index in [0.29, 0.717) is 5.56 Å². The maximum absolute atomic E-state index is 13.7. The summed E-state index contributed by atoms with van der Waals surface area (Å²) in [6, 6.07) is 13.1. The summed E-state index contributed by atoms with van der Waals surface area (Å²) >= 11 is 0. The van der Waals surface area contributed by atoms with Crippen LogP contribution in [0, 0.1) is 24.1 Å². The molecule has 2 rings (SSSR count). The highest BCUT2D eigenvalue weighted by Crippen LogP contribution is 2.25. The van der Waals surface area contributed by atoms with E-state index in [1.54, 1.807) is 12.1 Å². The predicted molar refractivity (Wildman–Crippen MR) is 76.8 cm³/mol. The zero-order valence-corrected chi connectivity index (χ0v) is 11.8. The molecule has 106 valence electrons. The Morgan fingerprint density at radius 3 is 2.57 bits per heavy atom. The van der Waals surface area contributed by atoms with Crippen LogP contribution in [-0.2, 0) is 0 Å². The fourth-order valence-electron chi connectivity index (χ4n) is 2.17. The number of ether oxygens (including phenoxy) is 1. The van der Waals surface area contributed by atoms with Crippen LogP contribution in [0.1, 0.15) is 27.4 Å². The van der Waals surface area contributed by atoms with Gasteiger partial charge < -0.3 is 4.74 Å². The van der Waals surface area contributed by atoms with Crippen molar-refractivity contribution < 1.29 is 13.9 Å². The van der Waals surface area contributed by atoms with Crippen molar-refractivity contribution in [2.45, 2.75) is 12.8 Å². The summed E-state index contributed by atoms with van der Waals surface area (Å²) in [5, 5.41) is 9.32. The van der Waals surface area contributed by atoms with Crippen LogP contribution in [0.4, 0.5) is 4.39 Å². The van der Waals surface area contributed by atoms with Gasteiger partial charge in [-0.25, -0.2) is 4.39 Å². The van der Waals surface area contributed by atoms with Crippen LogP contribution >= 0.6 is 0 Å². The molecule has 2 aromatic rings. The van der Waals surface area contributed by atoms with Gasteiger partial charge in [-0.3, -0.25) is 4.79 Å². The van der Waals surface area contributed by atoms with Gasteiger partial charge in [-0.05, 0) is 36.2 Å². The summed E-state index contributed by atoms with van der Waals surface area (Å²) in [6.45, 7) is 1.83. The summed E-state index contributed by atoms with van der Waals surface area (Å²) in [6.07, 6.45) is 0. The molecule has 0 bridgehead atoms. The molecule has 0 aliphatic heterocycles. The number of ketones is 1.